The fourth-order valence-electron chi connectivity index (χ4n) is 1.57. The van der Waals surface area contributed by atoms with E-state index in [1.165, 1.54) is 0 Å². The smallest absolute Gasteiger partial charge is 0.250 e. The number of hydrogen-bond donors (Lipinski definition) is 2. The average molecular weight is 237 g/mol. The van der Waals surface area contributed by atoms with Gasteiger partial charge >= 0.3 is 0 Å². The highest BCUT2D eigenvalue weighted by Gasteiger charge is 2.08. The van der Waals surface area contributed by atoms with Crippen molar-refractivity contribution < 1.29 is 9.53 Å². The molecule has 0 aliphatic carbocycles. The molecule has 5 nitrogen and oxygen atoms in total. The van der Waals surface area contributed by atoms with E-state index < -0.39 is 5.91 Å². The Labute approximate surface area is 101 Å². The molecule has 0 saturated carbocycles. The SMILES string of the molecule is COCCCN(C)c1ccc(N)c(C(N)=O)c1. The maximum Gasteiger partial charge on any atom is 0.250 e. The maximum absolute atomic E-state index is 11.2. The van der Waals surface area contributed by atoms with Crippen molar-refractivity contribution >= 4 is 17.3 Å². The zero-order chi connectivity index (χ0) is 12.8. The van der Waals surface area contributed by atoms with Gasteiger partial charge in [-0.1, -0.05) is 0 Å². The predicted molar refractivity (Wildman–Crippen MR) is 69.1 cm³/mol. The summed E-state index contributed by atoms with van der Waals surface area (Å²) < 4.78 is 4.99. The van der Waals surface area contributed by atoms with Gasteiger partial charge < -0.3 is 21.1 Å². The third-order valence-electron chi connectivity index (χ3n) is 2.59. The number of nitrogens with zero attached hydrogens (tertiary/aromatic N) is 1. The van der Waals surface area contributed by atoms with E-state index in [2.05, 4.69) is 0 Å². The zero-order valence-corrected chi connectivity index (χ0v) is 10.3. The van der Waals surface area contributed by atoms with Crippen LogP contribution in [0.4, 0.5) is 11.4 Å². The van der Waals surface area contributed by atoms with Gasteiger partial charge in [0.05, 0.1) is 5.56 Å². The monoisotopic (exact) mass is 237 g/mol. The largest absolute Gasteiger partial charge is 0.398 e. The van der Waals surface area contributed by atoms with E-state index in [4.69, 9.17) is 16.2 Å². The highest BCUT2D eigenvalue weighted by molar-refractivity contribution is 5.99. The first-order valence-electron chi connectivity index (χ1n) is 5.45. The molecular weight excluding hydrogens is 218 g/mol. The molecule has 0 heterocycles. The molecule has 0 atom stereocenters. The van der Waals surface area contributed by atoms with Gasteiger partial charge in [-0.25, -0.2) is 0 Å². The van der Waals surface area contributed by atoms with Crippen LogP contribution < -0.4 is 16.4 Å². The van der Waals surface area contributed by atoms with Gasteiger partial charge in [0, 0.05) is 38.7 Å². The average Bonchev–Trinajstić information content (AvgIpc) is 2.29. The van der Waals surface area contributed by atoms with Gasteiger partial charge in [0.2, 0.25) is 0 Å². The van der Waals surface area contributed by atoms with E-state index in [-0.39, 0.29) is 0 Å². The third-order valence-corrected chi connectivity index (χ3v) is 2.59. The molecule has 1 aromatic rings. The molecule has 17 heavy (non-hydrogen) atoms. The first-order chi connectivity index (χ1) is 8.06. The second-order valence-corrected chi connectivity index (χ2v) is 3.90. The number of hydrogen-bond acceptors (Lipinski definition) is 4. The summed E-state index contributed by atoms with van der Waals surface area (Å²) in [4.78, 5) is 13.2. The Morgan fingerprint density at radius 3 is 2.76 bits per heavy atom. The molecule has 94 valence electrons. The van der Waals surface area contributed by atoms with E-state index >= 15 is 0 Å². The minimum absolute atomic E-state index is 0.362. The van der Waals surface area contributed by atoms with E-state index in [1.807, 2.05) is 18.0 Å². The second-order valence-electron chi connectivity index (χ2n) is 3.90. The molecule has 0 aliphatic rings. The van der Waals surface area contributed by atoms with Crippen molar-refractivity contribution in [1.82, 2.24) is 0 Å². The summed E-state index contributed by atoms with van der Waals surface area (Å²) in [5.74, 6) is -0.505. The second kappa shape index (κ2) is 6.10. The minimum atomic E-state index is -0.505. The molecule has 0 fully saturated rings. The lowest BCUT2D eigenvalue weighted by Crippen LogP contribution is -2.21. The van der Waals surface area contributed by atoms with Crippen molar-refractivity contribution in [3.05, 3.63) is 23.8 Å². The van der Waals surface area contributed by atoms with Crippen LogP contribution in [0.1, 0.15) is 16.8 Å². The van der Waals surface area contributed by atoms with Crippen LogP contribution in [0.3, 0.4) is 0 Å². The molecule has 0 unspecified atom stereocenters. The summed E-state index contributed by atoms with van der Waals surface area (Å²) in [5, 5.41) is 0. The van der Waals surface area contributed by atoms with Crippen molar-refractivity contribution in [3.63, 3.8) is 0 Å². The van der Waals surface area contributed by atoms with Crippen LogP contribution in [-0.2, 0) is 4.74 Å². The van der Waals surface area contributed by atoms with Gasteiger partial charge in [-0.15, -0.1) is 0 Å². The highest BCUT2D eigenvalue weighted by atomic mass is 16.5. The van der Waals surface area contributed by atoms with Gasteiger partial charge in [0.15, 0.2) is 0 Å². The number of rotatable bonds is 6. The quantitative estimate of drug-likeness (QED) is 0.567. The molecule has 1 aromatic carbocycles. The van der Waals surface area contributed by atoms with Crippen LogP contribution in [0.25, 0.3) is 0 Å². The van der Waals surface area contributed by atoms with Gasteiger partial charge in [0.25, 0.3) is 5.91 Å². The maximum atomic E-state index is 11.2. The number of nitrogen functional groups attached to an aromatic ring is 1. The molecule has 1 amide bonds. The number of nitrogens with two attached hydrogens (primary N) is 2. The molecule has 0 saturated heterocycles. The molecule has 0 radical (unpaired) electrons. The van der Waals surface area contributed by atoms with Gasteiger partial charge in [0.1, 0.15) is 0 Å². The molecule has 1 rings (SSSR count). The summed E-state index contributed by atoms with van der Waals surface area (Å²) in [7, 11) is 3.63. The molecule has 5 heteroatoms. The van der Waals surface area contributed by atoms with E-state index in [0.29, 0.717) is 17.9 Å². The highest BCUT2D eigenvalue weighted by Crippen LogP contribution is 2.20. The summed E-state index contributed by atoms with van der Waals surface area (Å²) in [6, 6.07) is 5.28. The van der Waals surface area contributed by atoms with Crippen molar-refractivity contribution in [2.75, 3.05) is 37.9 Å². The molecule has 0 aliphatic heterocycles. The summed E-state index contributed by atoms with van der Waals surface area (Å²) in [6.45, 7) is 1.55. The minimum Gasteiger partial charge on any atom is -0.398 e. The Morgan fingerprint density at radius 2 is 2.18 bits per heavy atom. The number of primary amides is 1. The first kappa shape index (κ1) is 13.3. The van der Waals surface area contributed by atoms with Crippen LogP contribution in [0.15, 0.2) is 18.2 Å². The Morgan fingerprint density at radius 1 is 1.47 bits per heavy atom. The Balaban J connectivity index is 2.77. The summed E-state index contributed by atoms with van der Waals surface area (Å²) in [5.41, 5.74) is 12.6. The van der Waals surface area contributed by atoms with Crippen LogP contribution in [0, 0.1) is 0 Å². The van der Waals surface area contributed by atoms with Crippen LogP contribution >= 0.6 is 0 Å². The van der Waals surface area contributed by atoms with Crippen molar-refractivity contribution in [2.24, 2.45) is 5.73 Å². The van der Waals surface area contributed by atoms with E-state index in [0.717, 1.165) is 18.7 Å². The molecular formula is C12H19N3O2. The van der Waals surface area contributed by atoms with Gasteiger partial charge in [-0.2, -0.15) is 0 Å². The van der Waals surface area contributed by atoms with Crippen LogP contribution in [0.5, 0.6) is 0 Å². The predicted octanol–water partition coefficient (Wildman–Crippen LogP) is 0.840. The molecule has 0 spiro atoms. The number of anilines is 2. The topological polar surface area (TPSA) is 81.6 Å². The Bertz CT molecular complexity index is 393. The van der Waals surface area contributed by atoms with Gasteiger partial charge in [-0.3, -0.25) is 4.79 Å². The number of carbonyl (C=O) groups excluding carboxylic acids is 1. The Hall–Kier alpha value is -1.75. The fraction of sp³-hybridized carbons (Fsp3) is 0.417. The number of benzene rings is 1. The Kier molecular flexibility index (Phi) is 4.78. The summed E-state index contributed by atoms with van der Waals surface area (Å²) in [6.07, 6.45) is 0.920. The van der Waals surface area contributed by atoms with Crippen molar-refractivity contribution in [1.29, 1.82) is 0 Å². The van der Waals surface area contributed by atoms with Crippen LogP contribution in [0.2, 0.25) is 0 Å². The first-order valence-corrected chi connectivity index (χ1v) is 5.45. The standard InChI is InChI=1S/C12H19N3O2/c1-15(6-3-7-17-2)9-4-5-11(13)10(8-9)12(14)16/h4-5,8H,3,6-7,13H2,1-2H3,(H2,14,16). The third kappa shape index (κ3) is 3.64. The zero-order valence-electron chi connectivity index (χ0n) is 10.3. The molecule has 4 N–H and O–H groups in total. The van der Waals surface area contributed by atoms with Crippen molar-refractivity contribution in [3.8, 4) is 0 Å². The van der Waals surface area contributed by atoms with E-state index in [1.54, 1.807) is 19.2 Å². The lowest BCUT2D eigenvalue weighted by atomic mass is 10.1. The molecule has 0 bridgehead atoms. The van der Waals surface area contributed by atoms with Crippen LogP contribution in [-0.4, -0.2) is 33.2 Å². The number of ether oxygens (including phenoxy) is 1. The fourth-order valence-corrected chi connectivity index (χ4v) is 1.57. The number of methoxy groups -OCH3 is 1. The lowest BCUT2D eigenvalue weighted by molar-refractivity contribution is 0.100. The van der Waals surface area contributed by atoms with Crippen molar-refractivity contribution in [2.45, 2.75) is 6.42 Å². The number of carbonyl (C=O) groups is 1. The molecule has 0 aromatic heterocycles. The normalized spacial score (nSPS) is 10.2. The van der Waals surface area contributed by atoms with Gasteiger partial charge in [-0.05, 0) is 24.6 Å². The summed E-state index contributed by atoms with van der Waals surface area (Å²) >= 11 is 0. The number of amides is 1. The van der Waals surface area contributed by atoms with E-state index in [9.17, 15) is 4.79 Å². The lowest BCUT2D eigenvalue weighted by Gasteiger charge is -2.20.